The lowest BCUT2D eigenvalue weighted by Gasteiger charge is -2.19. The number of hydrogen-bond acceptors (Lipinski definition) is 2. The minimum Gasteiger partial charge on any atom is -0.271 e. The predicted molar refractivity (Wildman–Crippen MR) is 71.8 cm³/mol. The second-order valence-electron chi connectivity index (χ2n) is 4.16. The van der Waals surface area contributed by atoms with Gasteiger partial charge in [-0.05, 0) is 47.9 Å². The number of hydrazine groups is 1. The van der Waals surface area contributed by atoms with Crippen LogP contribution in [-0.2, 0) is 0 Å². The maximum atomic E-state index is 13.3. The summed E-state index contributed by atoms with van der Waals surface area (Å²) in [4.78, 5) is 0. The molecule has 0 aliphatic heterocycles. The summed E-state index contributed by atoms with van der Waals surface area (Å²) in [6, 6.07) is 11.7. The van der Waals surface area contributed by atoms with Crippen LogP contribution in [0.25, 0.3) is 0 Å². The Bertz CT molecular complexity index is 557. The van der Waals surface area contributed by atoms with Crippen LogP contribution in [0.4, 0.5) is 4.39 Å². The third-order valence-electron chi connectivity index (χ3n) is 2.90. The van der Waals surface area contributed by atoms with E-state index in [4.69, 9.17) is 17.4 Å². The minimum absolute atomic E-state index is 0.278. The number of halogens is 2. The maximum Gasteiger partial charge on any atom is 0.123 e. The van der Waals surface area contributed by atoms with Crippen molar-refractivity contribution < 1.29 is 4.39 Å². The number of rotatable bonds is 3. The molecular weight excluding hydrogens is 251 g/mol. The molecule has 0 amide bonds. The largest absolute Gasteiger partial charge is 0.271 e. The average molecular weight is 265 g/mol. The molecule has 0 bridgehead atoms. The summed E-state index contributed by atoms with van der Waals surface area (Å²) < 4.78 is 13.3. The van der Waals surface area contributed by atoms with Crippen molar-refractivity contribution in [3.05, 3.63) is 70.0 Å². The highest BCUT2D eigenvalue weighted by Crippen LogP contribution is 2.26. The highest BCUT2D eigenvalue weighted by Gasteiger charge is 2.15. The van der Waals surface area contributed by atoms with Crippen LogP contribution in [-0.4, -0.2) is 0 Å². The third-order valence-corrected chi connectivity index (χ3v) is 3.14. The zero-order valence-electron chi connectivity index (χ0n) is 9.95. The zero-order valence-corrected chi connectivity index (χ0v) is 10.7. The summed E-state index contributed by atoms with van der Waals surface area (Å²) in [6.45, 7) is 1.92. The topological polar surface area (TPSA) is 38.0 Å². The molecule has 2 nitrogen and oxygen atoms in total. The Balaban J connectivity index is 2.48. The first kappa shape index (κ1) is 13.0. The number of nitrogens with two attached hydrogens (primary N) is 1. The van der Waals surface area contributed by atoms with E-state index in [1.807, 2.05) is 25.1 Å². The van der Waals surface area contributed by atoms with Crippen molar-refractivity contribution in [1.82, 2.24) is 5.43 Å². The molecule has 0 fully saturated rings. The molecule has 18 heavy (non-hydrogen) atoms. The Morgan fingerprint density at radius 1 is 1.22 bits per heavy atom. The van der Waals surface area contributed by atoms with E-state index in [-0.39, 0.29) is 11.9 Å². The smallest absolute Gasteiger partial charge is 0.123 e. The van der Waals surface area contributed by atoms with Crippen LogP contribution < -0.4 is 11.3 Å². The van der Waals surface area contributed by atoms with E-state index < -0.39 is 0 Å². The Labute approximate surface area is 111 Å². The molecule has 0 heterocycles. The van der Waals surface area contributed by atoms with Crippen molar-refractivity contribution >= 4 is 11.6 Å². The van der Waals surface area contributed by atoms with Gasteiger partial charge in [0.1, 0.15) is 5.82 Å². The molecule has 2 aromatic carbocycles. The van der Waals surface area contributed by atoms with Gasteiger partial charge in [0.25, 0.3) is 0 Å². The minimum atomic E-state index is -0.280. The lowest BCUT2D eigenvalue weighted by Crippen LogP contribution is -2.29. The molecule has 0 aliphatic carbocycles. The lowest BCUT2D eigenvalue weighted by molar-refractivity contribution is 0.603. The number of aryl methyl sites for hydroxylation is 1. The van der Waals surface area contributed by atoms with Crippen molar-refractivity contribution in [3.63, 3.8) is 0 Å². The Morgan fingerprint density at radius 2 is 2.00 bits per heavy atom. The standard InChI is InChI=1S/C14H14ClFN2/c1-9-5-6-12(16)8-13(9)14(18-17)10-3-2-4-11(15)7-10/h2-8,14,18H,17H2,1H3. The fraction of sp³-hybridized carbons (Fsp3) is 0.143. The van der Waals surface area contributed by atoms with Crippen LogP contribution in [0.3, 0.4) is 0 Å². The van der Waals surface area contributed by atoms with Crippen molar-refractivity contribution in [2.24, 2.45) is 5.84 Å². The Kier molecular flexibility index (Phi) is 3.97. The van der Waals surface area contributed by atoms with Gasteiger partial charge in [-0.1, -0.05) is 29.8 Å². The van der Waals surface area contributed by atoms with E-state index >= 15 is 0 Å². The summed E-state index contributed by atoms with van der Waals surface area (Å²) in [5.74, 6) is 5.31. The number of hydrogen-bond donors (Lipinski definition) is 2. The lowest BCUT2D eigenvalue weighted by atomic mass is 9.95. The SMILES string of the molecule is Cc1ccc(F)cc1C(NN)c1cccc(Cl)c1. The van der Waals surface area contributed by atoms with Gasteiger partial charge in [0.2, 0.25) is 0 Å². The molecule has 0 saturated carbocycles. The summed E-state index contributed by atoms with van der Waals surface area (Å²) in [5.41, 5.74) is 5.38. The first-order valence-corrected chi connectivity index (χ1v) is 5.97. The van der Waals surface area contributed by atoms with Gasteiger partial charge < -0.3 is 0 Å². The van der Waals surface area contributed by atoms with Gasteiger partial charge in [0, 0.05) is 5.02 Å². The summed E-state index contributed by atoms with van der Waals surface area (Å²) in [6.07, 6.45) is 0. The van der Waals surface area contributed by atoms with E-state index in [1.165, 1.54) is 12.1 Å². The molecule has 1 unspecified atom stereocenters. The van der Waals surface area contributed by atoms with Crippen LogP contribution in [0.15, 0.2) is 42.5 Å². The predicted octanol–water partition coefficient (Wildman–Crippen LogP) is 3.34. The molecule has 2 rings (SSSR count). The maximum absolute atomic E-state index is 13.3. The van der Waals surface area contributed by atoms with Crippen LogP contribution in [0, 0.1) is 12.7 Å². The highest BCUT2D eigenvalue weighted by atomic mass is 35.5. The molecule has 2 aromatic rings. The first-order chi connectivity index (χ1) is 8.61. The van der Waals surface area contributed by atoms with Gasteiger partial charge >= 0.3 is 0 Å². The highest BCUT2D eigenvalue weighted by molar-refractivity contribution is 6.30. The molecule has 0 aliphatic rings. The van der Waals surface area contributed by atoms with Gasteiger partial charge in [-0.25, -0.2) is 9.82 Å². The quantitative estimate of drug-likeness (QED) is 0.659. The molecule has 4 heteroatoms. The zero-order chi connectivity index (χ0) is 13.1. The summed E-state index contributed by atoms with van der Waals surface area (Å²) >= 11 is 5.96. The molecule has 94 valence electrons. The summed E-state index contributed by atoms with van der Waals surface area (Å²) in [5, 5.41) is 0.627. The van der Waals surface area contributed by atoms with E-state index in [0.717, 1.165) is 16.7 Å². The molecule has 0 spiro atoms. The van der Waals surface area contributed by atoms with Gasteiger partial charge in [-0.15, -0.1) is 0 Å². The molecule has 3 N–H and O–H groups in total. The van der Waals surface area contributed by atoms with Gasteiger partial charge in [-0.2, -0.15) is 0 Å². The second-order valence-corrected chi connectivity index (χ2v) is 4.59. The van der Waals surface area contributed by atoms with Gasteiger partial charge in [-0.3, -0.25) is 5.84 Å². The fourth-order valence-electron chi connectivity index (χ4n) is 1.97. The van der Waals surface area contributed by atoms with Crippen LogP contribution >= 0.6 is 11.6 Å². The van der Waals surface area contributed by atoms with E-state index in [2.05, 4.69) is 5.43 Å². The van der Waals surface area contributed by atoms with Crippen LogP contribution in [0.5, 0.6) is 0 Å². The fourth-order valence-corrected chi connectivity index (χ4v) is 2.17. The number of nitrogens with one attached hydrogen (secondary N) is 1. The van der Waals surface area contributed by atoms with E-state index in [1.54, 1.807) is 12.1 Å². The van der Waals surface area contributed by atoms with Crippen molar-refractivity contribution in [1.29, 1.82) is 0 Å². The molecule has 0 aromatic heterocycles. The first-order valence-electron chi connectivity index (χ1n) is 5.59. The van der Waals surface area contributed by atoms with Crippen molar-refractivity contribution in [2.45, 2.75) is 13.0 Å². The monoisotopic (exact) mass is 264 g/mol. The Morgan fingerprint density at radius 3 is 2.67 bits per heavy atom. The van der Waals surface area contributed by atoms with Gasteiger partial charge in [0.05, 0.1) is 6.04 Å². The molecule has 1 atom stereocenters. The molecule has 0 saturated heterocycles. The second kappa shape index (κ2) is 5.48. The van der Waals surface area contributed by atoms with Crippen molar-refractivity contribution in [3.8, 4) is 0 Å². The molecular formula is C14H14ClFN2. The van der Waals surface area contributed by atoms with Gasteiger partial charge in [0.15, 0.2) is 0 Å². The molecule has 0 radical (unpaired) electrons. The summed E-state index contributed by atoms with van der Waals surface area (Å²) in [7, 11) is 0. The van der Waals surface area contributed by atoms with Crippen LogP contribution in [0.2, 0.25) is 5.02 Å². The normalized spacial score (nSPS) is 12.4. The van der Waals surface area contributed by atoms with E-state index in [0.29, 0.717) is 5.02 Å². The van der Waals surface area contributed by atoms with E-state index in [9.17, 15) is 4.39 Å². The van der Waals surface area contributed by atoms with Crippen molar-refractivity contribution in [2.75, 3.05) is 0 Å². The third kappa shape index (κ3) is 2.70. The Hall–Kier alpha value is -1.42. The number of benzene rings is 2. The van der Waals surface area contributed by atoms with Crippen LogP contribution in [0.1, 0.15) is 22.7 Å². The average Bonchev–Trinajstić information content (AvgIpc) is 2.35.